The van der Waals surface area contributed by atoms with Crippen molar-refractivity contribution >= 4 is 21.4 Å². The third-order valence-corrected chi connectivity index (χ3v) is 4.58. The van der Waals surface area contributed by atoms with Crippen molar-refractivity contribution in [2.75, 3.05) is 14.1 Å². The lowest BCUT2D eigenvalue weighted by molar-refractivity contribution is 0.364. The normalized spacial score (nSPS) is 12.6. The van der Waals surface area contributed by atoms with E-state index in [1.807, 2.05) is 13.8 Å². The summed E-state index contributed by atoms with van der Waals surface area (Å²) in [5.74, 6) is 0. The maximum atomic E-state index is 12.0. The van der Waals surface area contributed by atoms with E-state index >= 15 is 0 Å². The molecule has 17 heavy (non-hydrogen) atoms. The second-order valence-corrected chi connectivity index (χ2v) is 6.86. The molecule has 0 bridgehead atoms. The molecule has 1 heterocycles. The largest absolute Gasteiger partial charge is 0.310 e. The van der Waals surface area contributed by atoms with Crippen molar-refractivity contribution in [1.29, 1.82) is 0 Å². The van der Waals surface area contributed by atoms with Gasteiger partial charge in [0.1, 0.15) is 0 Å². The Hall–Kier alpha value is -0.470. The minimum absolute atomic E-state index is 0.328. The molecule has 0 saturated heterocycles. The van der Waals surface area contributed by atoms with E-state index in [9.17, 15) is 8.42 Å². The van der Waals surface area contributed by atoms with Crippen LogP contribution in [0.15, 0.2) is 16.3 Å². The Morgan fingerprint density at radius 2 is 2.06 bits per heavy atom. The van der Waals surface area contributed by atoms with Crippen molar-refractivity contribution in [1.82, 2.24) is 15.2 Å². The van der Waals surface area contributed by atoms with Crippen molar-refractivity contribution in [3.8, 4) is 0 Å². The summed E-state index contributed by atoms with van der Waals surface area (Å²) in [6.45, 7) is 4.62. The molecule has 5 nitrogen and oxygen atoms in total. The standard InChI is InChI=1S/C10H19N3O2S2/c1-8(2)11-7-9-10(5-6-16-9)17(14,15)12-13(3)4/h5-6,8,11-12H,7H2,1-4H3. The molecule has 0 fully saturated rings. The second kappa shape index (κ2) is 5.92. The smallest absolute Gasteiger partial charge is 0.254 e. The summed E-state index contributed by atoms with van der Waals surface area (Å²) < 4.78 is 24.0. The van der Waals surface area contributed by atoms with E-state index in [2.05, 4.69) is 10.1 Å². The van der Waals surface area contributed by atoms with Gasteiger partial charge in [-0.15, -0.1) is 16.2 Å². The zero-order valence-electron chi connectivity index (χ0n) is 10.5. The van der Waals surface area contributed by atoms with Gasteiger partial charge in [-0.3, -0.25) is 0 Å². The molecule has 0 amide bonds. The van der Waals surface area contributed by atoms with E-state index in [0.29, 0.717) is 17.5 Å². The molecule has 0 aliphatic carbocycles. The maximum Gasteiger partial charge on any atom is 0.254 e. The summed E-state index contributed by atoms with van der Waals surface area (Å²) in [5, 5.41) is 6.43. The van der Waals surface area contributed by atoms with Gasteiger partial charge in [0.25, 0.3) is 10.0 Å². The van der Waals surface area contributed by atoms with E-state index in [0.717, 1.165) is 4.88 Å². The average molecular weight is 277 g/mol. The number of hydrogen-bond acceptors (Lipinski definition) is 5. The summed E-state index contributed by atoms with van der Waals surface area (Å²) >= 11 is 1.45. The zero-order valence-corrected chi connectivity index (χ0v) is 12.2. The Balaban J connectivity index is 2.88. The molecule has 0 unspecified atom stereocenters. The van der Waals surface area contributed by atoms with Gasteiger partial charge in [0.05, 0.1) is 4.90 Å². The lowest BCUT2D eigenvalue weighted by Gasteiger charge is -2.13. The number of rotatable bonds is 6. The van der Waals surface area contributed by atoms with Crippen LogP contribution < -0.4 is 10.1 Å². The number of nitrogens with zero attached hydrogens (tertiary/aromatic N) is 1. The SMILES string of the molecule is CC(C)NCc1sccc1S(=O)(=O)NN(C)C. The highest BCUT2D eigenvalue weighted by Crippen LogP contribution is 2.21. The monoisotopic (exact) mass is 277 g/mol. The van der Waals surface area contributed by atoms with Gasteiger partial charge in [-0.05, 0) is 11.4 Å². The van der Waals surface area contributed by atoms with Crippen molar-refractivity contribution < 1.29 is 8.42 Å². The van der Waals surface area contributed by atoms with Crippen molar-refractivity contribution in [3.63, 3.8) is 0 Å². The Labute approximate surface area is 107 Å². The quantitative estimate of drug-likeness (QED) is 0.762. The van der Waals surface area contributed by atoms with Crippen molar-refractivity contribution in [2.24, 2.45) is 0 Å². The molecule has 1 rings (SSSR count). The minimum atomic E-state index is -3.45. The Bertz CT molecular complexity index is 452. The highest BCUT2D eigenvalue weighted by Gasteiger charge is 2.20. The molecule has 0 aliphatic heterocycles. The summed E-state index contributed by atoms with van der Waals surface area (Å²) in [6, 6.07) is 1.96. The molecule has 2 N–H and O–H groups in total. The predicted octanol–water partition coefficient (Wildman–Crippen LogP) is 1.00. The molecule has 1 aromatic heterocycles. The topological polar surface area (TPSA) is 61.4 Å². The fourth-order valence-corrected chi connectivity index (χ4v) is 3.76. The van der Waals surface area contributed by atoms with Crippen LogP contribution in [0.25, 0.3) is 0 Å². The molecule has 0 radical (unpaired) electrons. The van der Waals surface area contributed by atoms with Crippen LogP contribution in [-0.2, 0) is 16.6 Å². The van der Waals surface area contributed by atoms with Crippen LogP contribution in [0.2, 0.25) is 0 Å². The first-order valence-electron chi connectivity index (χ1n) is 5.32. The molecular weight excluding hydrogens is 258 g/mol. The van der Waals surface area contributed by atoms with Crippen LogP contribution >= 0.6 is 11.3 Å². The molecule has 7 heteroatoms. The molecule has 0 saturated carbocycles. The summed E-state index contributed by atoms with van der Waals surface area (Å²) in [5.41, 5.74) is 0. The van der Waals surface area contributed by atoms with E-state index in [4.69, 9.17) is 0 Å². The third-order valence-electron chi connectivity index (χ3n) is 1.97. The zero-order chi connectivity index (χ0) is 13.1. The van der Waals surface area contributed by atoms with E-state index in [-0.39, 0.29) is 0 Å². The lowest BCUT2D eigenvalue weighted by Crippen LogP contribution is -2.36. The van der Waals surface area contributed by atoms with Gasteiger partial charge < -0.3 is 5.32 Å². The Morgan fingerprint density at radius 1 is 1.41 bits per heavy atom. The van der Waals surface area contributed by atoms with Crippen LogP contribution in [0.1, 0.15) is 18.7 Å². The van der Waals surface area contributed by atoms with E-state index in [1.165, 1.54) is 16.3 Å². The maximum absolute atomic E-state index is 12.0. The van der Waals surface area contributed by atoms with E-state index in [1.54, 1.807) is 25.5 Å². The first-order chi connectivity index (χ1) is 7.83. The second-order valence-electron chi connectivity index (χ2n) is 4.23. The van der Waals surface area contributed by atoms with Gasteiger partial charge in [-0.25, -0.2) is 13.4 Å². The number of hydrogen-bond donors (Lipinski definition) is 2. The van der Waals surface area contributed by atoms with Crippen LogP contribution in [0, 0.1) is 0 Å². The number of nitrogens with one attached hydrogen (secondary N) is 2. The number of hydrazine groups is 1. The Kier molecular flexibility index (Phi) is 5.08. The average Bonchev–Trinajstić information content (AvgIpc) is 2.60. The van der Waals surface area contributed by atoms with Gasteiger partial charge in [0.2, 0.25) is 0 Å². The highest BCUT2D eigenvalue weighted by molar-refractivity contribution is 7.89. The van der Waals surface area contributed by atoms with E-state index < -0.39 is 10.0 Å². The summed E-state index contributed by atoms with van der Waals surface area (Å²) in [4.78, 5) is 3.61. The molecule has 0 aromatic carbocycles. The fraction of sp³-hybridized carbons (Fsp3) is 0.600. The first kappa shape index (κ1) is 14.6. The third kappa shape index (κ3) is 4.36. The van der Waals surface area contributed by atoms with Crippen molar-refractivity contribution in [2.45, 2.75) is 31.3 Å². The number of thiophene rings is 1. The Morgan fingerprint density at radius 3 is 2.59 bits per heavy atom. The van der Waals surface area contributed by atoms with Gasteiger partial charge in [-0.1, -0.05) is 13.8 Å². The molecule has 0 spiro atoms. The van der Waals surface area contributed by atoms with Crippen molar-refractivity contribution in [3.05, 3.63) is 16.3 Å². The van der Waals surface area contributed by atoms with Gasteiger partial charge in [-0.2, -0.15) is 0 Å². The molecule has 98 valence electrons. The van der Waals surface area contributed by atoms with Crippen LogP contribution in [0.5, 0.6) is 0 Å². The predicted molar refractivity (Wildman–Crippen MR) is 70.3 cm³/mol. The molecule has 0 atom stereocenters. The van der Waals surface area contributed by atoms with Gasteiger partial charge >= 0.3 is 0 Å². The fourth-order valence-electron chi connectivity index (χ4n) is 1.28. The highest BCUT2D eigenvalue weighted by atomic mass is 32.2. The van der Waals surface area contributed by atoms with Crippen LogP contribution in [-0.4, -0.2) is 33.6 Å². The molecule has 0 aliphatic rings. The van der Waals surface area contributed by atoms with Crippen LogP contribution in [0.3, 0.4) is 0 Å². The lowest BCUT2D eigenvalue weighted by atomic mass is 10.4. The molecular formula is C10H19N3O2S2. The summed E-state index contributed by atoms with van der Waals surface area (Å²) in [7, 11) is -0.151. The van der Waals surface area contributed by atoms with Crippen LogP contribution in [0.4, 0.5) is 0 Å². The van der Waals surface area contributed by atoms with Gasteiger partial charge in [0, 0.05) is 31.6 Å². The first-order valence-corrected chi connectivity index (χ1v) is 7.68. The van der Waals surface area contributed by atoms with Gasteiger partial charge in [0.15, 0.2) is 0 Å². The summed E-state index contributed by atoms with van der Waals surface area (Å²) in [6.07, 6.45) is 0. The molecule has 1 aromatic rings. The number of sulfonamides is 1. The minimum Gasteiger partial charge on any atom is -0.310 e.